The first-order valence-electron chi connectivity index (χ1n) is 8.99. The smallest absolute Gasteiger partial charge is 0.132 e. The second kappa shape index (κ2) is 11.2. The number of carbonyl (C=O) groups is 1. The lowest BCUT2D eigenvalue weighted by atomic mass is 10.0. The molecule has 23 heavy (non-hydrogen) atoms. The summed E-state index contributed by atoms with van der Waals surface area (Å²) < 4.78 is 5.21. The number of likely N-dealkylation sites (N-methyl/N-ethyl adjacent to an activating group) is 1. The highest BCUT2D eigenvalue weighted by atomic mass is 16.5. The van der Waals surface area contributed by atoms with E-state index in [1.54, 1.807) is 7.11 Å². The number of Topliss-reactive ketones (excluding diaryl/α,β-unsaturated/α-hetero) is 1. The molecule has 0 bridgehead atoms. The van der Waals surface area contributed by atoms with Crippen molar-refractivity contribution in [3.05, 3.63) is 29.8 Å². The van der Waals surface area contributed by atoms with Gasteiger partial charge in [0.05, 0.1) is 7.11 Å². The summed E-state index contributed by atoms with van der Waals surface area (Å²) in [6, 6.07) is 8.90. The van der Waals surface area contributed by atoms with E-state index in [1.807, 2.05) is 19.1 Å². The molecule has 0 radical (unpaired) electrons. The van der Waals surface area contributed by atoms with Crippen LogP contribution in [-0.2, 0) is 11.2 Å². The minimum Gasteiger partial charge on any atom is -0.497 e. The van der Waals surface area contributed by atoms with Crippen molar-refractivity contribution in [1.29, 1.82) is 0 Å². The number of benzene rings is 1. The minimum absolute atomic E-state index is 0.394. The zero-order chi connectivity index (χ0) is 17.1. The summed E-state index contributed by atoms with van der Waals surface area (Å²) in [5.41, 5.74) is 1.35. The monoisotopic (exact) mass is 319 g/mol. The number of hydrogen-bond donors (Lipinski definition) is 0. The summed E-state index contributed by atoms with van der Waals surface area (Å²) in [5, 5.41) is 0. The number of ether oxygens (including phenoxy) is 1. The average Bonchev–Trinajstić information content (AvgIpc) is 2.58. The highest BCUT2D eigenvalue weighted by Crippen LogP contribution is 2.15. The molecular weight excluding hydrogens is 286 g/mol. The molecule has 0 aliphatic heterocycles. The van der Waals surface area contributed by atoms with E-state index in [1.165, 1.54) is 12.0 Å². The maximum absolute atomic E-state index is 11.3. The molecule has 1 aromatic carbocycles. The fourth-order valence-electron chi connectivity index (χ4n) is 2.91. The third-order valence-corrected chi connectivity index (χ3v) is 4.51. The SMILES string of the molecule is CCC(=O)CCCCCN(CC)C(C)Cc1ccc(OC)cc1. The standard InChI is InChI=1S/C20H33NO2/c1-5-19(22)10-8-7-9-15-21(6-2)17(3)16-18-11-13-20(23-4)14-12-18/h11-14,17H,5-10,15-16H2,1-4H3. The van der Waals surface area contributed by atoms with Gasteiger partial charge in [0.25, 0.3) is 0 Å². The second-order valence-corrected chi connectivity index (χ2v) is 6.23. The van der Waals surface area contributed by atoms with Gasteiger partial charge in [-0.25, -0.2) is 0 Å². The zero-order valence-electron chi connectivity index (χ0n) is 15.3. The topological polar surface area (TPSA) is 29.5 Å². The van der Waals surface area contributed by atoms with Crippen LogP contribution in [0.2, 0.25) is 0 Å². The van der Waals surface area contributed by atoms with Crippen molar-refractivity contribution in [3.63, 3.8) is 0 Å². The van der Waals surface area contributed by atoms with Crippen LogP contribution in [0.15, 0.2) is 24.3 Å². The molecule has 0 amide bonds. The van der Waals surface area contributed by atoms with Gasteiger partial charge in [0.1, 0.15) is 11.5 Å². The molecule has 0 heterocycles. The summed E-state index contributed by atoms with van der Waals surface area (Å²) in [6.45, 7) is 8.67. The molecule has 0 aliphatic rings. The lowest BCUT2D eigenvalue weighted by Crippen LogP contribution is -2.35. The highest BCUT2D eigenvalue weighted by Gasteiger charge is 2.12. The maximum atomic E-state index is 11.3. The van der Waals surface area contributed by atoms with Gasteiger partial charge in [-0.05, 0) is 57.0 Å². The predicted molar refractivity (Wildman–Crippen MR) is 97.2 cm³/mol. The van der Waals surface area contributed by atoms with Gasteiger partial charge in [-0.15, -0.1) is 0 Å². The summed E-state index contributed by atoms with van der Waals surface area (Å²) in [6.07, 6.45) is 5.86. The number of methoxy groups -OCH3 is 1. The van der Waals surface area contributed by atoms with Crippen molar-refractivity contribution in [3.8, 4) is 5.75 Å². The van der Waals surface area contributed by atoms with Crippen LogP contribution in [0.1, 0.15) is 58.4 Å². The Morgan fingerprint density at radius 2 is 1.83 bits per heavy atom. The van der Waals surface area contributed by atoms with Crippen molar-refractivity contribution < 1.29 is 9.53 Å². The second-order valence-electron chi connectivity index (χ2n) is 6.23. The van der Waals surface area contributed by atoms with E-state index in [9.17, 15) is 4.79 Å². The van der Waals surface area contributed by atoms with Crippen LogP contribution in [0, 0.1) is 0 Å². The van der Waals surface area contributed by atoms with Gasteiger partial charge in [-0.2, -0.15) is 0 Å². The van der Waals surface area contributed by atoms with Crippen molar-refractivity contribution in [1.82, 2.24) is 4.90 Å². The Labute approximate surface area is 142 Å². The molecule has 130 valence electrons. The molecule has 0 saturated carbocycles. The molecule has 1 atom stereocenters. The van der Waals surface area contributed by atoms with E-state index in [-0.39, 0.29) is 0 Å². The molecule has 0 aliphatic carbocycles. The maximum Gasteiger partial charge on any atom is 0.132 e. The van der Waals surface area contributed by atoms with Crippen LogP contribution < -0.4 is 4.74 Å². The van der Waals surface area contributed by atoms with Gasteiger partial charge in [0, 0.05) is 18.9 Å². The Balaban J connectivity index is 2.33. The van der Waals surface area contributed by atoms with E-state index < -0.39 is 0 Å². The van der Waals surface area contributed by atoms with E-state index >= 15 is 0 Å². The van der Waals surface area contributed by atoms with Gasteiger partial charge < -0.3 is 9.64 Å². The van der Waals surface area contributed by atoms with Crippen LogP contribution in [0.3, 0.4) is 0 Å². The molecular formula is C20H33NO2. The quantitative estimate of drug-likeness (QED) is 0.532. The largest absolute Gasteiger partial charge is 0.497 e. The summed E-state index contributed by atoms with van der Waals surface area (Å²) >= 11 is 0. The van der Waals surface area contributed by atoms with Crippen LogP contribution in [0.4, 0.5) is 0 Å². The summed E-state index contributed by atoms with van der Waals surface area (Å²) in [4.78, 5) is 13.8. The van der Waals surface area contributed by atoms with Gasteiger partial charge >= 0.3 is 0 Å². The van der Waals surface area contributed by atoms with E-state index in [0.717, 1.165) is 44.5 Å². The van der Waals surface area contributed by atoms with Crippen molar-refractivity contribution >= 4 is 5.78 Å². The number of carbonyl (C=O) groups excluding carboxylic acids is 1. The number of hydrogen-bond acceptors (Lipinski definition) is 3. The molecule has 1 rings (SSSR count). The molecule has 0 N–H and O–H groups in total. The first-order chi connectivity index (χ1) is 11.1. The fraction of sp³-hybridized carbons (Fsp3) is 0.650. The molecule has 0 fully saturated rings. The van der Waals surface area contributed by atoms with Crippen molar-refractivity contribution in [2.45, 2.75) is 65.3 Å². The molecule has 3 nitrogen and oxygen atoms in total. The first kappa shape index (κ1) is 19.7. The Hall–Kier alpha value is -1.35. The Kier molecular flexibility index (Phi) is 9.61. The Morgan fingerprint density at radius 1 is 1.13 bits per heavy atom. The van der Waals surface area contributed by atoms with Crippen molar-refractivity contribution in [2.24, 2.45) is 0 Å². The summed E-state index contributed by atoms with van der Waals surface area (Å²) in [5.74, 6) is 1.31. The molecule has 1 aromatic rings. The minimum atomic E-state index is 0.394. The van der Waals surface area contributed by atoms with Crippen LogP contribution in [-0.4, -0.2) is 36.9 Å². The highest BCUT2D eigenvalue weighted by molar-refractivity contribution is 5.77. The van der Waals surface area contributed by atoms with E-state index in [4.69, 9.17) is 4.74 Å². The number of nitrogens with zero attached hydrogens (tertiary/aromatic N) is 1. The molecule has 0 saturated heterocycles. The third-order valence-electron chi connectivity index (χ3n) is 4.51. The van der Waals surface area contributed by atoms with Gasteiger partial charge in [0.2, 0.25) is 0 Å². The van der Waals surface area contributed by atoms with E-state index in [0.29, 0.717) is 18.2 Å². The molecule has 0 aromatic heterocycles. The van der Waals surface area contributed by atoms with E-state index in [2.05, 4.69) is 30.9 Å². The zero-order valence-corrected chi connectivity index (χ0v) is 15.3. The fourth-order valence-corrected chi connectivity index (χ4v) is 2.91. The van der Waals surface area contributed by atoms with Crippen LogP contribution >= 0.6 is 0 Å². The van der Waals surface area contributed by atoms with Crippen LogP contribution in [0.5, 0.6) is 5.75 Å². The first-order valence-corrected chi connectivity index (χ1v) is 8.99. The number of unbranched alkanes of at least 4 members (excludes halogenated alkanes) is 2. The normalized spacial score (nSPS) is 12.4. The van der Waals surface area contributed by atoms with Crippen LogP contribution in [0.25, 0.3) is 0 Å². The van der Waals surface area contributed by atoms with Gasteiger partial charge in [-0.3, -0.25) is 4.79 Å². The number of ketones is 1. The summed E-state index contributed by atoms with van der Waals surface area (Å²) in [7, 11) is 1.70. The van der Waals surface area contributed by atoms with Gasteiger partial charge in [0.15, 0.2) is 0 Å². The molecule has 0 spiro atoms. The average molecular weight is 319 g/mol. The number of rotatable bonds is 12. The molecule has 1 unspecified atom stereocenters. The third kappa shape index (κ3) is 7.65. The lowest BCUT2D eigenvalue weighted by Gasteiger charge is -2.28. The Bertz CT molecular complexity index is 441. The lowest BCUT2D eigenvalue weighted by molar-refractivity contribution is -0.118. The molecule has 3 heteroatoms. The van der Waals surface area contributed by atoms with Crippen molar-refractivity contribution in [2.75, 3.05) is 20.2 Å². The predicted octanol–water partition coefficient (Wildman–Crippen LogP) is 4.49. The Morgan fingerprint density at radius 3 is 2.39 bits per heavy atom. The van der Waals surface area contributed by atoms with Gasteiger partial charge in [-0.1, -0.05) is 32.4 Å².